The first-order chi connectivity index (χ1) is 20.3. The summed E-state index contributed by atoms with van der Waals surface area (Å²) < 4.78 is 8.12. The molecule has 0 bridgehead atoms. The van der Waals surface area contributed by atoms with E-state index in [9.17, 15) is 9.59 Å². The molecular formula is C35H40N4O3. The molecule has 218 valence electrons. The van der Waals surface area contributed by atoms with E-state index in [1.165, 1.54) is 0 Å². The van der Waals surface area contributed by atoms with Gasteiger partial charge in [0.05, 0.1) is 18.7 Å². The third kappa shape index (κ3) is 5.12. The third-order valence-corrected chi connectivity index (χ3v) is 9.40. The third-order valence-electron chi connectivity index (χ3n) is 9.40. The number of fused-ring (bicyclic) bond motifs is 2. The van der Waals surface area contributed by atoms with Crippen molar-refractivity contribution < 1.29 is 14.3 Å². The lowest BCUT2D eigenvalue weighted by atomic mass is 9.78. The van der Waals surface area contributed by atoms with Crippen molar-refractivity contribution >= 4 is 17.5 Å². The number of piperidine rings is 1. The summed E-state index contributed by atoms with van der Waals surface area (Å²) in [6.45, 7) is 4.93. The number of likely N-dealkylation sites (tertiary alicyclic amines) is 1. The number of anilines is 1. The highest BCUT2D eigenvalue weighted by Gasteiger charge is 2.37. The predicted octanol–water partition coefficient (Wildman–Crippen LogP) is 5.23. The van der Waals surface area contributed by atoms with E-state index in [-0.39, 0.29) is 23.8 Å². The van der Waals surface area contributed by atoms with Crippen molar-refractivity contribution in [2.24, 2.45) is 0 Å². The van der Waals surface area contributed by atoms with Gasteiger partial charge >= 0.3 is 0 Å². The van der Waals surface area contributed by atoms with Gasteiger partial charge in [-0.3, -0.25) is 9.59 Å². The molecule has 3 aliphatic rings. The van der Waals surface area contributed by atoms with Crippen LogP contribution in [0.3, 0.4) is 0 Å². The Kier molecular flexibility index (Phi) is 7.64. The van der Waals surface area contributed by atoms with Gasteiger partial charge in [0.2, 0.25) is 0 Å². The van der Waals surface area contributed by atoms with Crippen LogP contribution in [0.5, 0.6) is 0 Å². The van der Waals surface area contributed by atoms with Crippen LogP contribution in [-0.4, -0.2) is 72.1 Å². The number of hydrogen-bond donors (Lipinski definition) is 0. The number of aromatic nitrogens is 1. The van der Waals surface area contributed by atoms with E-state index in [2.05, 4.69) is 40.8 Å². The Balaban J connectivity index is 1.31. The Hall–Kier alpha value is -3.94. The molecule has 1 aromatic heterocycles. The van der Waals surface area contributed by atoms with Crippen molar-refractivity contribution in [3.05, 3.63) is 113 Å². The summed E-state index contributed by atoms with van der Waals surface area (Å²) in [6, 6.07) is 22.4. The SMILES string of the molecule is COC1(C)C=C(C(=O)N2Cc3ccc(C(=O)N(C)C4CCN(C)CC4)n3Cc3ccccc32)C=CC1c1ccccc1. The van der Waals surface area contributed by atoms with E-state index in [1.807, 2.05) is 84.5 Å². The number of nitrogens with zero attached hydrogens (tertiary/aromatic N) is 4. The molecule has 1 saturated heterocycles. The summed E-state index contributed by atoms with van der Waals surface area (Å²) in [4.78, 5) is 34.1. The van der Waals surface area contributed by atoms with Crippen LogP contribution in [0.2, 0.25) is 0 Å². The van der Waals surface area contributed by atoms with Crippen molar-refractivity contribution in [2.75, 3.05) is 39.2 Å². The second-order valence-electron chi connectivity index (χ2n) is 12.0. The second-order valence-corrected chi connectivity index (χ2v) is 12.0. The summed E-state index contributed by atoms with van der Waals surface area (Å²) in [5.41, 5.74) is 4.55. The van der Waals surface area contributed by atoms with Crippen LogP contribution in [0.1, 0.15) is 53.0 Å². The van der Waals surface area contributed by atoms with E-state index < -0.39 is 5.60 Å². The molecule has 0 N–H and O–H groups in total. The fourth-order valence-electron chi connectivity index (χ4n) is 6.67. The summed E-state index contributed by atoms with van der Waals surface area (Å²) in [5, 5.41) is 0. The number of carbonyl (C=O) groups excluding carboxylic acids is 2. The molecule has 1 fully saturated rings. The standard InChI is InChI=1S/C35H40N4O3/c1-35(42-4)22-26(14-16-30(35)25-10-6-5-7-11-25)33(40)39-24-29-15-17-32(38(29)23-27-12-8-9-13-31(27)39)34(41)37(3)28-18-20-36(2)21-19-28/h5-17,22,28,30H,18-21,23-24H2,1-4H3. The highest BCUT2D eigenvalue weighted by Crippen LogP contribution is 2.39. The highest BCUT2D eigenvalue weighted by atomic mass is 16.5. The molecule has 2 unspecified atom stereocenters. The van der Waals surface area contributed by atoms with Gasteiger partial charge in [-0.1, -0.05) is 60.7 Å². The summed E-state index contributed by atoms with van der Waals surface area (Å²) in [5.74, 6) is -0.0581. The molecule has 7 nitrogen and oxygen atoms in total. The van der Waals surface area contributed by atoms with Crippen molar-refractivity contribution in [1.29, 1.82) is 0 Å². The number of amides is 2. The van der Waals surface area contributed by atoms with Crippen molar-refractivity contribution in [3.63, 3.8) is 0 Å². The first-order valence-electron chi connectivity index (χ1n) is 14.8. The van der Waals surface area contributed by atoms with Gasteiger partial charge in [-0.05, 0) is 75.3 Å². The van der Waals surface area contributed by atoms with Gasteiger partial charge in [0.15, 0.2) is 0 Å². The van der Waals surface area contributed by atoms with Crippen LogP contribution >= 0.6 is 0 Å². The Morgan fingerprint density at radius 3 is 2.40 bits per heavy atom. The van der Waals surface area contributed by atoms with Crippen LogP contribution in [0.15, 0.2) is 90.5 Å². The predicted molar refractivity (Wildman–Crippen MR) is 166 cm³/mol. The number of benzene rings is 2. The zero-order valence-corrected chi connectivity index (χ0v) is 25.0. The summed E-state index contributed by atoms with van der Waals surface area (Å²) >= 11 is 0. The summed E-state index contributed by atoms with van der Waals surface area (Å²) in [7, 11) is 5.76. The average Bonchev–Trinajstić information content (AvgIpc) is 3.33. The first kappa shape index (κ1) is 28.2. The number of methoxy groups -OCH3 is 1. The molecule has 2 atom stereocenters. The summed E-state index contributed by atoms with van der Waals surface area (Å²) in [6.07, 6.45) is 7.93. The number of carbonyl (C=O) groups is 2. The zero-order chi connectivity index (χ0) is 29.4. The number of ether oxygens (including phenoxy) is 1. The minimum Gasteiger partial charge on any atom is -0.373 e. The average molecular weight is 565 g/mol. The lowest BCUT2D eigenvalue weighted by molar-refractivity contribution is -0.115. The molecule has 0 radical (unpaired) electrons. The Labute approximate surface area is 248 Å². The Bertz CT molecular complexity index is 1530. The Morgan fingerprint density at radius 1 is 0.952 bits per heavy atom. The number of hydrogen-bond acceptors (Lipinski definition) is 4. The maximum absolute atomic E-state index is 14.3. The van der Waals surface area contributed by atoms with Crippen molar-refractivity contribution in [2.45, 2.75) is 50.4 Å². The van der Waals surface area contributed by atoms with Gasteiger partial charge in [0, 0.05) is 43.1 Å². The van der Waals surface area contributed by atoms with Crippen molar-refractivity contribution in [1.82, 2.24) is 14.4 Å². The highest BCUT2D eigenvalue weighted by molar-refractivity contribution is 6.08. The van der Waals surface area contributed by atoms with E-state index in [1.54, 1.807) is 7.11 Å². The molecule has 2 aliphatic heterocycles. The van der Waals surface area contributed by atoms with Crippen molar-refractivity contribution in [3.8, 4) is 0 Å². The smallest absolute Gasteiger partial charge is 0.270 e. The maximum atomic E-state index is 14.3. The minimum atomic E-state index is -0.676. The van der Waals surface area contributed by atoms with Crippen LogP contribution < -0.4 is 4.90 Å². The quantitative estimate of drug-likeness (QED) is 0.426. The van der Waals surface area contributed by atoms with Gasteiger partial charge in [0.25, 0.3) is 11.8 Å². The normalized spacial score (nSPS) is 22.6. The molecule has 2 amide bonds. The molecular weight excluding hydrogens is 524 g/mol. The molecule has 0 spiro atoms. The molecule has 3 aromatic rings. The van der Waals surface area contributed by atoms with Gasteiger partial charge in [-0.25, -0.2) is 0 Å². The largest absolute Gasteiger partial charge is 0.373 e. The molecule has 42 heavy (non-hydrogen) atoms. The first-order valence-corrected chi connectivity index (χ1v) is 14.8. The molecule has 7 heteroatoms. The molecule has 3 heterocycles. The van der Waals surface area contributed by atoms with Gasteiger partial charge < -0.3 is 24.0 Å². The fourth-order valence-corrected chi connectivity index (χ4v) is 6.67. The maximum Gasteiger partial charge on any atom is 0.270 e. The lowest BCUT2D eigenvalue weighted by Gasteiger charge is -2.36. The van der Waals surface area contributed by atoms with Crippen LogP contribution in [0.4, 0.5) is 5.69 Å². The van der Waals surface area contributed by atoms with E-state index in [0.29, 0.717) is 24.4 Å². The monoisotopic (exact) mass is 564 g/mol. The van der Waals surface area contributed by atoms with E-state index in [4.69, 9.17) is 4.74 Å². The lowest BCUT2D eigenvalue weighted by Crippen LogP contribution is -2.45. The molecule has 6 rings (SSSR count). The van der Waals surface area contributed by atoms with Gasteiger partial charge in [0.1, 0.15) is 5.69 Å². The van der Waals surface area contributed by atoms with Gasteiger partial charge in [-0.15, -0.1) is 0 Å². The second kappa shape index (κ2) is 11.4. The number of rotatable bonds is 5. The molecule has 0 saturated carbocycles. The molecule has 2 aromatic carbocycles. The van der Waals surface area contributed by atoms with E-state index >= 15 is 0 Å². The topological polar surface area (TPSA) is 58.0 Å². The van der Waals surface area contributed by atoms with Crippen LogP contribution in [0.25, 0.3) is 0 Å². The Morgan fingerprint density at radius 2 is 1.67 bits per heavy atom. The van der Waals surface area contributed by atoms with Crippen LogP contribution in [0, 0.1) is 0 Å². The fraction of sp³-hybridized carbons (Fsp3) is 0.371. The van der Waals surface area contributed by atoms with E-state index in [0.717, 1.165) is 48.4 Å². The minimum absolute atomic E-state index is 0.0102. The van der Waals surface area contributed by atoms with Gasteiger partial charge in [-0.2, -0.15) is 0 Å². The molecule has 1 aliphatic carbocycles. The number of para-hydroxylation sites is 1. The zero-order valence-electron chi connectivity index (χ0n) is 25.0. The van der Waals surface area contributed by atoms with Crippen LogP contribution in [-0.2, 0) is 22.6 Å².